The van der Waals surface area contributed by atoms with Crippen LogP contribution in [0.4, 0.5) is 5.69 Å². The molecular formula is C26H21N3O2. The Morgan fingerprint density at radius 2 is 1.84 bits per heavy atom. The number of furan rings is 1. The van der Waals surface area contributed by atoms with Gasteiger partial charge in [0, 0.05) is 22.4 Å². The van der Waals surface area contributed by atoms with E-state index in [1.54, 1.807) is 0 Å². The zero-order chi connectivity index (χ0) is 20.8. The number of nitrogens with one attached hydrogen (secondary N) is 2. The fourth-order valence-electron chi connectivity index (χ4n) is 4.54. The lowest BCUT2D eigenvalue weighted by Gasteiger charge is -2.23. The fraction of sp³-hybridized carbons (Fsp3) is 0.154. The molecule has 1 atom stereocenters. The molecular weight excluding hydrogens is 386 g/mol. The topological polar surface area (TPSA) is 70.9 Å². The number of aromatic nitrogens is 2. The first kappa shape index (κ1) is 18.0. The summed E-state index contributed by atoms with van der Waals surface area (Å²) in [5.74, 6) is 0.771. The minimum Gasteiger partial charge on any atom is -0.454 e. The molecule has 6 rings (SSSR count). The van der Waals surface area contributed by atoms with Gasteiger partial charge in [0.15, 0.2) is 5.76 Å². The third-order valence-corrected chi connectivity index (χ3v) is 6.21. The van der Waals surface area contributed by atoms with Crippen LogP contribution in [0.15, 0.2) is 77.2 Å². The highest BCUT2D eigenvalue weighted by Crippen LogP contribution is 2.33. The van der Waals surface area contributed by atoms with Gasteiger partial charge in [-0.3, -0.25) is 9.89 Å². The van der Waals surface area contributed by atoms with Crippen molar-refractivity contribution in [3.05, 3.63) is 83.9 Å². The molecule has 1 aliphatic carbocycles. The number of carbonyl (C=O) groups is 1. The number of H-pyrrole nitrogens is 1. The van der Waals surface area contributed by atoms with E-state index in [0.717, 1.165) is 52.5 Å². The quantitative estimate of drug-likeness (QED) is 0.402. The van der Waals surface area contributed by atoms with Crippen LogP contribution in [0.1, 0.15) is 17.5 Å². The molecule has 0 saturated carbocycles. The maximum absolute atomic E-state index is 13.0. The molecule has 3 aromatic carbocycles. The largest absolute Gasteiger partial charge is 0.454 e. The summed E-state index contributed by atoms with van der Waals surface area (Å²) in [6.45, 7) is 0. The SMILES string of the molecule is O=C(Nc1ccc2[nH]nc(-c3cc4ccccc4o3)c2c1)C1CCc2ccccc2C1. The molecule has 1 aliphatic rings. The van der Waals surface area contributed by atoms with Crippen LogP contribution in [0.25, 0.3) is 33.3 Å². The normalized spacial score (nSPS) is 15.8. The lowest BCUT2D eigenvalue weighted by atomic mass is 9.83. The van der Waals surface area contributed by atoms with Crippen LogP contribution in [0.5, 0.6) is 0 Å². The maximum atomic E-state index is 13.0. The average molecular weight is 407 g/mol. The first-order valence-corrected chi connectivity index (χ1v) is 10.6. The second kappa shape index (κ2) is 7.13. The van der Waals surface area contributed by atoms with Crippen LogP contribution in [0.3, 0.4) is 0 Å². The molecule has 31 heavy (non-hydrogen) atoms. The van der Waals surface area contributed by atoms with Gasteiger partial charge >= 0.3 is 0 Å². The van der Waals surface area contributed by atoms with Crippen molar-refractivity contribution in [2.24, 2.45) is 5.92 Å². The van der Waals surface area contributed by atoms with Gasteiger partial charge in [-0.05, 0) is 60.7 Å². The fourth-order valence-corrected chi connectivity index (χ4v) is 4.54. The van der Waals surface area contributed by atoms with Crippen molar-refractivity contribution in [3.63, 3.8) is 0 Å². The predicted octanol–water partition coefficient (Wildman–Crippen LogP) is 5.72. The van der Waals surface area contributed by atoms with Gasteiger partial charge in [0.25, 0.3) is 0 Å². The minimum atomic E-state index is -0.00945. The summed E-state index contributed by atoms with van der Waals surface area (Å²) < 4.78 is 6.00. The third-order valence-electron chi connectivity index (χ3n) is 6.21. The van der Waals surface area contributed by atoms with Crippen molar-refractivity contribution in [2.45, 2.75) is 19.3 Å². The Hall–Kier alpha value is -3.86. The second-order valence-electron chi connectivity index (χ2n) is 8.18. The molecule has 0 bridgehead atoms. The number of benzene rings is 3. The molecule has 2 N–H and O–H groups in total. The molecule has 152 valence electrons. The molecule has 5 nitrogen and oxygen atoms in total. The van der Waals surface area contributed by atoms with Crippen molar-refractivity contribution in [3.8, 4) is 11.5 Å². The highest BCUT2D eigenvalue weighted by Gasteiger charge is 2.24. The van der Waals surface area contributed by atoms with Crippen LogP contribution in [0, 0.1) is 5.92 Å². The standard InChI is InChI=1S/C26H21N3O2/c30-26(19-10-9-16-5-1-2-6-17(16)13-19)27-20-11-12-22-21(15-20)25(29-28-22)24-14-18-7-3-4-8-23(18)31-24/h1-8,11-12,14-15,19H,9-10,13H2,(H,27,30)(H,28,29). The number of para-hydroxylation sites is 1. The van der Waals surface area contributed by atoms with Gasteiger partial charge in [0.1, 0.15) is 11.3 Å². The van der Waals surface area contributed by atoms with Gasteiger partial charge in [-0.1, -0.05) is 42.5 Å². The lowest BCUT2D eigenvalue weighted by molar-refractivity contribution is -0.120. The summed E-state index contributed by atoms with van der Waals surface area (Å²) in [4.78, 5) is 13.0. The summed E-state index contributed by atoms with van der Waals surface area (Å²) in [5.41, 5.74) is 5.90. The summed E-state index contributed by atoms with van der Waals surface area (Å²) in [7, 11) is 0. The van der Waals surface area contributed by atoms with Gasteiger partial charge in [0.2, 0.25) is 5.91 Å². The molecule has 0 aliphatic heterocycles. The van der Waals surface area contributed by atoms with Crippen LogP contribution in [-0.4, -0.2) is 16.1 Å². The van der Waals surface area contributed by atoms with Crippen LogP contribution in [-0.2, 0) is 17.6 Å². The molecule has 0 spiro atoms. The Morgan fingerprint density at radius 3 is 2.74 bits per heavy atom. The van der Waals surface area contributed by atoms with Crippen molar-refractivity contribution < 1.29 is 9.21 Å². The molecule has 2 heterocycles. The Balaban J connectivity index is 1.28. The number of hydrogen-bond acceptors (Lipinski definition) is 3. The second-order valence-corrected chi connectivity index (χ2v) is 8.18. The lowest BCUT2D eigenvalue weighted by Crippen LogP contribution is -2.28. The van der Waals surface area contributed by atoms with Gasteiger partial charge in [0.05, 0.1) is 5.52 Å². The van der Waals surface area contributed by atoms with Crippen LogP contribution >= 0.6 is 0 Å². The van der Waals surface area contributed by atoms with E-state index in [2.05, 4.69) is 33.7 Å². The molecule has 0 radical (unpaired) electrons. The molecule has 0 saturated heterocycles. The highest BCUT2D eigenvalue weighted by atomic mass is 16.3. The molecule has 0 fully saturated rings. The van der Waals surface area contributed by atoms with E-state index >= 15 is 0 Å². The number of aromatic amines is 1. The number of carbonyl (C=O) groups excluding carboxylic acids is 1. The monoisotopic (exact) mass is 407 g/mol. The molecule has 1 amide bonds. The van der Waals surface area contributed by atoms with Crippen molar-refractivity contribution >= 4 is 33.5 Å². The Morgan fingerprint density at radius 1 is 1.00 bits per heavy atom. The van der Waals surface area contributed by atoms with Crippen molar-refractivity contribution in [1.29, 1.82) is 0 Å². The van der Waals surface area contributed by atoms with Gasteiger partial charge in [-0.15, -0.1) is 0 Å². The van der Waals surface area contributed by atoms with E-state index < -0.39 is 0 Å². The van der Waals surface area contributed by atoms with Crippen molar-refractivity contribution in [1.82, 2.24) is 10.2 Å². The number of nitrogens with zero attached hydrogens (tertiary/aromatic N) is 1. The van der Waals surface area contributed by atoms with E-state index in [0.29, 0.717) is 5.76 Å². The minimum absolute atomic E-state index is 0.00945. The highest BCUT2D eigenvalue weighted by molar-refractivity contribution is 5.99. The number of rotatable bonds is 3. The smallest absolute Gasteiger partial charge is 0.227 e. The number of aryl methyl sites for hydroxylation is 1. The third kappa shape index (κ3) is 3.19. The summed E-state index contributed by atoms with van der Waals surface area (Å²) >= 11 is 0. The molecule has 5 aromatic rings. The Kier molecular flexibility index (Phi) is 4.13. The van der Waals surface area contributed by atoms with Gasteiger partial charge < -0.3 is 9.73 Å². The van der Waals surface area contributed by atoms with E-state index in [4.69, 9.17) is 4.42 Å². The van der Waals surface area contributed by atoms with Crippen molar-refractivity contribution in [2.75, 3.05) is 5.32 Å². The number of amides is 1. The van der Waals surface area contributed by atoms with Crippen LogP contribution < -0.4 is 5.32 Å². The van der Waals surface area contributed by atoms with E-state index in [1.807, 2.05) is 54.6 Å². The zero-order valence-electron chi connectivity index (χ0n) is 16.9. The van der Waals surface area contributed by atoms with Gasteiger partial charge in [-0.2, -0.15) is 5.10 Å². The van der Waals surface area contributed by atoms with E-state index in [9.17, 15) is 4.79 Å². The summed E-state index contributed by atoms with van der Waals surface area (Å²) in [6.07, 6.45) is 2.62. The van der Waals surface area contributed by atoms with Gasteiger partial charge in [-0.25, -0.2) is 0 Å². The molecule has 2 aromatic heterocycles. The predicted molar refractivity (Wildman–Crippen MR) is 122 cm³/mol. The Bertz CT molecular complexity index is 1400. The average Bonchev–Trinajstić information content (AvgIpc) is 3.42. The van der Waals surface area contributed by atoms with E-state index in [-0.39, 0.29) is 11.8 Å². The number of fused-ring (bicyclic) bond motifs is 3. The van der Waals surface area contributed by atoms with Crippen LogP contribution in [0.2, 0.25) is 0 Å². The van der Waals surface area contributed by atoms with E-state index in [1.165, 1.54) is 11.1 Å². The molecule has 5 heteroatoms. The Labute approximate surface area is 179 Å². The first-order valence-electron chi connectivity index (χ1n) is 10.6. The summed E-state index contributed by atoms with van der Waals surface area (Å²) in [5, 5.41) is 12.6. The molecule has 1 unspecified atom stereocenters. The zero-order valence-corrected chi connectivity index (χ0v) is 16.9. The number of anilines is 1. The summed E-state index contributed by atoms with van der Waals surface area (Å²) in [6, 6.07) is 24.1. The maximum Gasteiger partial charge on any atom is 0.227 e. The number of hydrogen-bond donors (Lipinski definition) is 2. The first-order chi connectivity index (χ1) is 15.2.